The summed E-state index contributed by atoms with van der Waals surface area (Å²) >= 11 is 0. The molecule has 30 heavy (non-hydrogen) atoms. The van der Waals surface area contributed by atoms with Gasteiger partial charge in [-0.2, -0.15) is 0 Å². The summed E-state index contributed by atoms with van der Waals surface area (Å²) in [6.07, 6.45) is 0.391. The van der Waals surface area contributed by atoms with E-state index in [1.165, 1.54) is 11.1 Å². The lowest BCUT2D eigenvalue weighted by atomic mass is 10.1. The second-order valence-electron chi connectivity index (χ2n) is 8.50. The van der Waals surface area contributed by atoms with Crippen molar-refractivity contribution in [1.29, 1.82) is 0 Å². The molecule has 1 heterocycles. The molecule has 0 spiro atoms. The van der Waals surface area contributed by atoms with Crippen LogP contribution < -0.4 is 5.32 Å². The van der Waals surface area contributed by atoms with Gasteiger partial charge in [0.15, 0.2) is 0 Å². The lowest BCUT2D eigenvalue weighted by Crippen LogP contribution is -2.45. The van der Waals surface area contributed by atoms with E-state index in [-0.39, 0.29) is 5.91 Å². The molecule has 5 nitrogen and oxygen atoms in total. The summed E-state index contributed by atoms with van der Waals surface area (Å²) in [7, 11) is 0. The Morgan fingerprint density at radius 1 is 0.900 bits per heavy atom. The molecule has 5 heteroatoms. The second-order valence-corrected chi connectivity index (χ2v) is 8.50. The van der Waals surface area contributed by atoms with Gasteiger partial charge in [-0.05, 0) is 29.2 Å². The molecule has 0 radical (unpaired) electrons. The van der Waals surface area contributed by atoms with Crippen LogP contribution in [0.4, 0.5) is 5.69 Å². The van der Waals surface area contributed by atoms with Gasteiger partial charge >= 0.3 is 0 Å². The third-order valence-corrected chi connectivity index (χ3v) is 5.28. The minimum Gasteiger partial charge on any atom is -0.381 e. The van der Waals surface area contributed by atoms with Crippen LogP contribution in [0.25, 0.3) is 0 Å². The molecular formula is C25H35N3O2. The van der Waals surface area contributed by atoms with Gasteiger partial charge in [-0.1, -0.05) is 56.3 Å². The molecule has 1 amide bonds. The van der Waals surface area contributed by atoms with Gasteiger partial charge in [-0.3, -0.25) is 14.6 Å². The van der Waals surface area contributed by atoms with E-state index in [1.54, 1.807) is 0 Å². The minimum absolute atomic E-state index is 0.000967. The predicted molar refractivity (Wildman–Crippen MR) is 122 cm³/mol. The molecule has 0 aromatic heterocycles. The van der Waals surface area contributed by atoms with Crippen LogP contribution in [0.1, 0.15) is 31.4 Å². The lowest BCUT2D eigenvalue weighted by molar-refractivity contribution is -0.117. The highest BCUT2D eigenvalue weighted by Gasteiger charge is 2.17. The van der Waals surface area contributed by atoms with Crippen molar-refractivity contribution in [2.45, 2.75) is 33.4 Å². The van der Waals surface area contributed by atoms with Gasteiger partial charge in [0.05, 0.1) is 13.0 Å². The van der Waals surface area contributed by atoms with E-state index in [2.05, 4.69) is 71.4 Å². The monoisotopic (exact) mass is 409 g/mol. The van der Waals surface area contributed by atoms with Gasteiger partial charge in [-0.25, -0.2) is 0 Å². The molecule has 0 bridgehead atoms. The molecule has 1 fully saturated rings. The van der Waals surface area contributed by atoms with Crippen LogP contribution in [0.3, 0.4) is 0 Å². The first-order valence-corrected chi connectivity index (χ1v) is 11.0. The SMILES string of the molecule is CC(C)COCCC(=O)Nc1ccc(CN2CCN(Cc3ccccc3)CC2)cc1. The number of rotatable bonds is 10. The highest BCUT2D eigenvalue weighted by Crippen LogP contribution is 2.14. The summed E-state index contributed by atoms with van der Waals surface area (Å²) in [4.78, 5) is 17.0. The first-order chi connectivity index (χ1) is 14.6. The van der Waals surface area contributed by atoms with Crippen molar-refractivity contribution >= 4 is 11.6 Å². The molecule has 0 aliphatic carbocycles. The second kappa shape index (κ2) is 11.8. The molecule has 3 rings (SSSR count). The topological polar surface area (TPSA) is 44.8 Å². The van der Waals surface area contributed by atoms with Crippen LogP contribution in [0.15, 0.2) is 54.6 Å². The molecule has 1 N–H and O–H groups in total. The average molecular weight is 410 g/mol. The number of benzene rings is 2. The number of ether oxygens (including phenoxy) is 1. The van der Waals surface area contributed by atoms with Gasteiger partial charge in [0.25, 0.3) is 0 Å². The fourth-order valence-corrected chi connectivity index (χ4v) is 3.61. The molecule has 162 valence electrons. The number of carbonyl (C=O) groups excluding carboxylic acids is 1. The number of hydrogen-bond donors (Lipinski definition) is 1. The number of nitrogens with one attached hydrogen (secondary N) is 1. The molecule has 0 unspecified atom stereocenters. The Balaban J connectivity index is 1.36. The fourth-order valence-electron chi connectivity index (χ4n) is 3.61. The maximum Gasteiger partial charge on any atom is 0.226 e. The first kappa shape index (κ1) is 22.5. The third-order valence-electron chi connectivity index (χ3n) is 5.28. The zero-order valence-electron chi connectivity index (χ0n) is 18.3. The Morgan fingerprint density at radius 2 is 1.47 bits per heavy atom. The third kappa shape index (κ3) is 7.90. The maximum absolute atomic E-state index is 12.0. The van der Waals surface area contributed by atoms with Gasteiger partial charge in [0.1, 0.15) is 0 Å². The summed E-state index contributed by atoms with van der Waals surface area (Å²) < 4.78 is 5.48. The summed E-state index contributed by atoms with van der Waals surface area (Å²) in [6, 6.07) is 18.9. The molecule has 1 saturated heterocycles. The fraction of sp³-hybridized carbons (Fsp3) is 0.480. The molecular weight excluding hydrogens is 374 g/mol. The number of anilines is 1. The standard InChI is InChI=1S/C25H35N3O2/c1-21(2)20-30-17-12-25(29)26-24-10-8-23(9-11-24)19-28-15-13-27(14-16-28)18-22-6-4-3-5-7-22/h3-11,21H,12-20H2,1-2H3,(H,26,29). The molecule has 2 aromatic rings. The van der Waals surface area contributed by atoms with Crippen molar-refractivity contribution in [3.8, 4) is 0 Å². The lowest BCUT2D eigenvalue weighted by Gasteiger charge is -2.34. The van der Waals surface area contributed by atoms with Crippen LogP contribution in [-0.2, 0) is 22.6 Å². The summed E-state index contributed by atoms with van der Waals surface area (Å²) in [5.74, 6) is 0.494. The van der Waals surface area contributed by atoms with E-state index in [9.17, 15) is 4.79 Å². The Labute approximate surface area is 181 Å². The van der Waals surface area contributed by atoms with Gasteiger partial charge < -0.3 is 10.1 Å². The zero-order valence-corrected chi connectivity index (χ0v) is 18.3. The molecule has 1 aliphatic heterocycles. The van der Waals surface area contributed by atoms with Gasteiger partial charge in [0.2, 0.25) is 5.91 Å². The van der Waals surface area contributed by atoms with Crippen LogP contribution in [0.2, 0.25) is 0 Å². The van der Waals surface area contributed by atoms with Gasteiger partial charge in [0, 0.05) is 51.6 Å². The molecule has 0 atom stereocenters. The van der Waals surface area contributed by atoms with E-state index in [0.29, 0.717) is 25.6 Å². The minimum atomic E-state index is 0.000967. The first-order valence-electron chi connectivity index (χ1n) is 11.0. The summed E-state index contributed by atoms with van der Waals surface area (Å²) in [5.41, 5.74) is 3.51. The smallest absolute Gasteiger partial charge is 0.226 e. The number of nitrogens with zero attached hydrogens (tertiary/aromatic N) is 2. The summed E-state index contributed by atoms with van der Waals surface area (Å²) in [5, 5.41) is 2.95. The van der Waals surface area contributed by atoms with E-state index in [4.69, 9.17) is 4.74 Å². The van der Waals surface area contributed by atoms with E-state index < -0.39 is 0 Å². The largest absolute Gasteiger partial charge is 0.381 e. The van der Waals surface area contributed by atoms with Crippen LogP contribution in [0, 0.1) is 5.92 Å². The number of carbonyl (C=O) groups is 1. The highest BCUT2D eigenvalue weighted by molar-refractivity contribution is 5.90. The van der Waals surface area contributed by atoms with Crippen molar-refractivity contribution in [1.82, 2.24) is 9.80 Å². The van der Waals surface area contributed by atoms with Crippen molar-refractivity contribution < 1.29 is 9.53 Å². The Morgan fingerprint density at radius 3 is 2.03 bits per heavy atom. The van der Waals surface area contributed by atoms with Crippen LogP contribution in [0.5, 0.6) is 0 Å². The number of hydrogen-bond acceptors (Lipinski definition) is 4. The Hall–Kier alpha value is -2.21. The van der Waals surface area contributed by atoms with Crippen LogP contribution >= 0.6 is 0 Å². The Kier molecular flexibility index (Phi) is 8.87. The highest BCUT2D eigenvalue weighted by atomic mass is 16.5. The normalized spacial score (nSPS) is 15.4. The van der Waals surface area contributed by atoms with Gasteiger partial charge in [-0.15, -0.1) is 0 Å². The van der Waals surface area contributed by atoms with Crippen molar-refractivity contribution in [3.63, 3.8) is 0 Å². The molecule has 0 saturated carbocycles. The van der Waals surface area contributed by atoms with Crippen molar-refractivity contribution in [2.75, 3.05) is 44.7 Å². The summed E-state index contributed by atoms with van der Waals surface area (Å²) in [6.45, 7) is 11.7. The average Bonchev–Trinajstić information content (AvgIpc) is 2.75. The number of amides is 1. The van der Waals surface area contributed by atoms with Crippen molar-refractivity contribution in [2.24, 2.45) is 5.92 Å². The van der Waals surface area contributed by atoms with Crippen LogP contribution in [-0.4, -0.2) is 55.1 Å². The van der Waals surface area contributed by atoms with E-state index >= 15 is 0 Å². The van der Waals surface area contributed by atoms with E-state index in [0.717, 1.165) is 45.0 Å². The Bertz CT molecular complexity index is 754. The maximum atomic E-state index is 12.0. The number of piperazine rings is 1. The quantitative estimate of drug-likeness (QED) is 0.603. The predicted octanol–water partition coefficient (Wildman–Crippen LogP) is 4.01. The molecule has 1 aliphatic rings. The van der Waals surface area contributed by atoms with E-state index in [1.807, 2.05) is 12.1 Å². The zero-order chi connectivity index (χ0) is 21.2. The molecule has 2 aromatic carbocycles. The van der Waals surface area contributed by atoms with Crippen molar-refractivity contribution in [3.05, 3.63) is 65.7 Å².